The van der Waals surface area contributed by atoms with E-state index >= 15 is 0 Å². The van der Waals surface area contributed by atoms with Gasteiger partial charge in [0.25, 0.3) is 0 Å². The Morgan fingerprint density at radius 1 is 1.31 bits per heavy atom. The zero-order valence-electron chi connectivity index (χ0n) is 15.1. The number of pyridine rings is 1. The molecule has 0 saturated carbocycles. The normalized spacial score (nSPS) is 15.8. The van der Waals surface area contributed by atoms with Gasteiger partial charge < -0.3 is 4.57 Å². The Bertz CT molecular complexity index is 1060. The maximum atomic E-state index is 12.0. The summed E-state index contributed by atoms with van der Waals surface area (Å²) in [7, 11) is 0. The molecule has 0 amide bonds. The number of nitriles is 1. The van der Waals surface area contributed by atoms with E-state index < -0.39 is 0 Å². The molecule has 1 unspecified atom stereocenters. The topological polar surface area (TPSA) is 58.7 Å². The second-order valence-corrected chi connectivity index (χ2v) is 6.79. The summed E-state index contributed by atoms with van der Waals surface area (Å²) in [6.07, 6.45) is 4.37. The van der Waals surface area contributed by atoms with Crippen molar-refractivity contribution in [3.05, 3.63) is 64.0 Å². The number of rotatable bonds is 4. The number of aldehydes is 1. The number of fused-ring (bicyclic) bond motifs is 2. The molecule has 4 rings (SSSR count). The average Bonchev–Trinajstić information content (AvgIpc) is 3.24. The van der Waals surface area contributed by atoms with Gasteiger partial charge in [0.2, 0.25) is 0 Å². The third kappa shape index (κ3) is 2.28. The summed E-state index contributed by atoms with van der Waals surface area (Å²) < 4.78 is 2.02. The quantitative estimate of drug-likeness (QED) is 0.661. The van der Waals surface area contributed by atoms with Crippen LogP contribution in [0, 0.1) is 11.3 Å². The molecule has 0 radical (unpaired) electrons. The lowest BCUT2D eigenvalue weighted by atomic mass is 10.0. The minimum atomic E-state index is 0.0558. The summed E-state index contributed by atoms with van der Waals surface area (Å²) in [5.74, 6) is 0. The Kier molecular flexibility index (Phi) is 4.08. The van der Waals surface area contributed by atoms with Crippen molar-refractivity contribution in [2.45, 2.75) is 45.6 Å². The fourth-order valence-corrected chi connectivity index (χ4v) is 4.26. The standard InChI is InChI=1S/C22H21N3O/c1-3-14-11-16(4-2)24-22-21(14)18(12-23)20(13-26)25(22)19-10-9-15-7-5-6-8-17(15)19/h5-8,11,13,19H,3-4,9-10H2,1-2H3. The van der Waals surface area contributed by atoms with Gasteiger partial charge in [0, 0.05) is 11.1 Å². The lowest BCUT2D eigenvalue weighted by molar-refractivity contribution is 0.111. The molecule has 1 aliphatic carbocycles. The molecule has 3 aromatic rings. The molecule has 0 fully saturated rings. The van der Waals surface area contributed by atoms with E-state index in [4.69, 9.17) is 4.98 Å². The molecular weight excluding hydrogens is 322 g/mol. The SMILES string of the molecule is CCc1cc(CC)c2c(C#N)c(C=O)n(C3CCc4ccccc43)c2n1. The first kappa shape index (κ1) is 16.5. The van der Waals surface area contributed by atoms with E-state index in [0.29, 0.717) is 11.3 Å². The van der Waals surface area contributed by atoms with Crippen LogP contribution in [0.5, 0.6) is 0 Å². The Labute approximate surface area is 153 Å². The second kappa shape index (κ2) is 6.42. The molecule has 130 valence electrons. The number of aromatic nitrogens is 2. The summed E-state index contributed by atoms with van der Waals surface area (Å²) in [4.78, 5) is 16.8. The Morgan fingerprint density at radius 2 is 2.12 bits per heavy atom. The van der Waals surface area contributed by atoms with E-state index in [9.17, 15) is 10.1 Å². The number of carbonyl (C=O) groups excluding carboxylic acids is 1. The highest BCUT2D eigenvalue weighted by atomic mass is 16.1. The van der Waals surface area contributed by atoms with E-state index in [2.05, 4.69) is 44.2 Å². The van der Waals surface area contributed by atoms with Gasteiger partial charge in [-0.15, -0.1) is 0 Å². The lowest BCUT2D eigenvalue weighted by Gasteiger charge is -2.17. The van der Waals surface area contributed by atoms with Gasteiger partial charge in [0.05, 0.1) is 11.6 Å². The molecule has 26 heavy (non-hydrogen) atoms. The first-order valence-electron chi connectivity index (χ1n) is 9.23. The zero-order chi connectivity index (χ0) is 18.3. The second-order valence-electron chi connectivity index (χ2n) is 6.79. The van der Waals surface area contributed by atoms with Crippen molar-refractivity contribution in [2.24, 2.45) is 0 Å². The Balaban J connectivity index is 2.09. The maximum Gasteiger partial charge on any atom is 0.167 e. The number of hydrogen-bond acceptors (Lipinski definition) is 3. The van der Waals surface area contributed by atoms with Gasteiger partial charge in [-0.3, -0.25) is 4.79 Å². The molecule has 2 heterocycles. The highest BCUT2D eigenvalue weighted by Crippen LogP contribution is 2.39. The van der Waals surface area contributed by atoms with Crippen LogP contribution in [-0.2, 0) is 19.3 Å². The van der Waals surface area contributed by atoms with Crippen LogP contribution in [0.25, 0.3) is 11.0 Å². The van der Waals surface area contributed by atoms with Crippen LogP contribution in [0.15, 0.2) is 30.3 Å². The van der Waals surface area contributed by atoms with Crippen LogP contribution in [-0.4, -0.2) is 15.8 Å². The van der Waals surface area contributed by atoms with Crippen LogP contribution in [0.4, 0.5) is 0 Å². The summed E-state index contributed by atoms with van der Waals surface area (Å²) >= 11 is 0. The fourth-order valence-electron chi connectivity index (χ4n) is 4.26. The van der Waals surface area contributed by atoms with Crippen LogP contribution in [0.3, 0.4) is 0 Å². The van der Waals surface area contributed by atoms with Crippen molar-refractivity contribution >= 4 is 17.3 Å². The van der Waals surface area contributed by atoms with Crippen molar-refractivity contribution < 1.29 is 4.79 Å². The summed E-state index contributed by atoms with van der Waals surface area (Å²) in [6, 6.07) is 12.8. The highest BCUT2D eigenvalue weighted by Gasteiger charge is 2.30. The lowest BCUT2D eigenvalue weighted by Crippen LogP contribution is -2.12. The van der Waals surface area contributed by atoms with Gasteiger partial charge >= 0.3 is 0 Å². The van der Waals surface area contributed by atoms with E-state index in [-0.39, 0.29) is 6.04 Å². The maximum absolute atomic E-state index is 12.0. The summed E-state index contributed by atoms with van der Waals surface area (Å²) in [5, 5.41) is 10.6. The van der Waals surface area contributed by atoms with Crippen molar-refractivity contribution in [2.75, 3.05) is 0 Å². The Hall–Kier alpha value is -2.93. The molecule has 0 saturated heterocycles. The number of aryl methyl sites for hydroxylation is 3. The molecule has 4 nitrogen and oxygen atoms in total. The third-order valence-corrected chi connectivity index (χ3v) is 5.51. The number of nitrogens with zero attached hydrogens (tertiary/aromatic N) is 3. The largest absolute Gasteiger partial charge is 0.314 e. The van der Waals surface area contributed by atoms with E-state index in [1.165, 1.54) is 11.1 Å². The number of hydrogen-bond donors (Lipinski definition) is 0. The van der Waals surface area contributed by atoms with Crippen LogP contribution in [0.1, 0.15) is 64.7 Å². The molecule has 2 aromatic heterocycles. The first-order chi connectivity index (χ1) is 12.7. The van der Waals surface area contributed by atoms with Crippen LogP contribution in [0.2, 0.25) is 0 Å². The van der Waals surface area contributed by atoms with Crippen molar-refractivity contribution in [1.29, 1.82) is 5.26 Å². The first-order valence-corrected chi connectivity index (χ1v) is 9.23. The molecule has 0 aliphatic heterocycles. The molecule has 0 bridgehead atoms. The highest BCUT2D eigenvalue weighted by molar-refractivity contribution is 5.96. The molecule has 0 spiro atoms. The minimum absolute atomic E-state index is 0.0558. The smallest absolute Gasteiger partial charge is 0.167 e. The van der Waals surface area contributed by atoms with Crippen LogP contribution >= 0.6 is 0 Å². The minimum Gasteiger partial charge on any atom is -0.314 e. The zero-order valence-corrected chi connectivity index (χ0v) is 15.1. The fraction of sp³-hybridized carbons (Fsp3) is 0.318. The molecular formula is C22H21N3O. The number of benzene rings is 1. The third-order valence-electron chi connectivity index (χ3n) is 5.51. The van der Waals surface area contributed by atoms with Gasteiger partial charge in [0.15, 0.2) is 6.29 Å². The Morgan fingerprint density at radius 3 is 2.81 bits per heavy atom. The van der Waals surface area contributed by atoms with Gasteiger partial charge in [-0.25, -0.2) is 4.98 Å². The van der Waals surface area contributed by atoms with E-state index in [1.54, 1.807) is 0 Å². The van der Waals surface area contributed by atoms with Gasteiger partial charge in [-0.2, -0.15) is 5.26 Å². The van der Waals surface area contributed by atoms with Gasteiger partial charge in [0.1, 0.15) is 17.4 Å². The average molecular weight is 343 g/mol. The van der Waals surface area contributed by atoms with Gasteiger partial charge in [-0.05, 0) is 48.4 Å². The van der Waals surface area contributed by atoms with Crippen molar-refractivity contribution in [3.63, 3.8) is 0 Å². The molecule has 1 atom stereocenters. The van der Waals surface area contributed by atoms with Crippen molar-refractivity contribution in [1.82, 2.24) is 9.55 Å². The van der Waals surface area contributed by atoms with Crippen LogP contribution < -0.4 is 0 Å². The number of carbonyl (C=O) groups is 1. The van der Waals surface area contributed by atoms with Crippen molar-refractivity contribution in [3.8, 4) is 6.07 Å². The monoisotopic (exact) mass is 343 g/mol. The predicted octanol–water partition coefficient (Wildman–Crippen LogP) is 4.38. The summed E-state index contributed by atoms with van der Waals surface area (Å²) in [6.45, 7) is 4.16. The van der Waals surface area contributed by atoms with Gasteiger partial charge in [-0.1, -0.05) is 38.1 Å². The summed E-state index contributed by atoms with van der Waals surface area (Å²) in [5.41, 5.74) is 6.35. The van der Waals surface area contributed by atoms with E-state index in [0.717, 1.165) is 54.3 Å². The molecule has 0 N–H and O–H groups in total. The molecule has 4 heteroatoms. The molecule has 1 aromatic carbocycles. The predicted molar refractivity (Wildman–Crippen MR) is 101 cm³/mol. The van der Waals surface area contributed by atoms with E-state index in [1.807, 2.05) is 10.6 Å². The molecule has 1 aliphatic rings.